The fraction of sp³-hybridized carbons (Fsp3) is 0.750. The number of nitrogens with zero attached hydrogens (tertiary/aromatic N) is 3. The molecule has 1 atom stereocenters. The van der Waals surface area contributed by atoms with Crippen LogP contribution >= 0.6 is 0 Å². The van der Waals surface area contributed by atoms with E-state index in [4.69, 9.17) is 9.52 Å². The number of carbonyl (C=O) groups is 1. The molecule has 1 unspecified atom stereocenters. The zero-order valence-electron chi connectivity index (χ0n) is 11.0. The molecule has 0 aromatic carbocycles. The molecule has 0 aliphatic carbocycles. The molecule has 2 heterocycles. The highest BCUT2D eigenvalue weighted by molar-refractivity contribution is 5.73. The minimum absolute atomic E-state index is 0.178. The van der Waals surface area contributed by atoms with Crippen molar-refractivity contribution in [3.63, 3.8) is 0 Å². The van der Waals surface area contributed by atoms with E-state index in [1.807, 2.05) is 25.7 Å². The Labute approximate surface area is 106 Å². The molecule has 0 radical (unpaired) electrons. The Morgan fingerprint density at radius 2 is 2.22 bits per heavy atom. The summed E-state index contributed by atoms with van der Waals surface area (Å²) in [5.74, 6) is 0.305. The van der Waals surface area contributed by atoms with Crippen molar-refractivity contribution in [3.05, 3.63) is 11.8 Å². The predicted octanol–water partition coefficient (Wildman–Crippen LogP) is 1.42. The number of carboxylic acids is 1. The summed E-state index contributed by atoms with van der Waals surface area (Å²) in [6, 6.07) is -0.421. The van der Waals surface area contributed by atoms with Crippen molar-refractivity contribution in [3.8, 4) is 0 Å². The molecular formula is C12H19N3O3. The molecule has 18 heavy (non-hydrogen) atoms. The highest BCUT2D eigenvalue weighted by Crippen LogP contribution is 2.23. The maximum atomic E-state index is 11.1. The molecule has 6 nitrogen and oxygen atoms in total. The topological polar surface area (TPSA) is 79.5 Å². The van der Waals surface area contributed by atoms with Gasteiger partial charge in [0.25, 0.3) is 0 Å². The fourth-order valence-electron chi connectivity index (χ4n) is 2.09. The van der Waals surface area contributed by atoms with Crippen molar-refractivity contribution in [2.24, 2.45) is 0 Å². The first-order valence-corrected chi connectivity index (χ1v) is 6.17. The van der Waals surface area contributed by atoms with Crippen LogP contribution in [0.3, 0.4) is 0 Å². The molecule has 1 aliphatic rings. The van der Waals surface area contributed by atoms with Gasteiger partial charge in [0.2, 0.25) is 11.8 Å². The summed E-state index contributed by atoms with van der Waals surface area (Å²) in [5, 5.41) is 17.1. The van der Waals surface area contributed by atoms with Crippen LogP contribution in [0.2, 0.25) is 0 Å². The van der Waals surface area contributed by atoms with Crippen LogP contribution in [0.4, 0.5) is 0 Å². The maximum Gasteiger partial charge on any atom is 0.320 e. The Kier molecular flexibility index (Phi) is 3.38. The molecule has 2 rings (SSSR count). The first-order valence-electron chi connectivity index (χ1n) is 6.17. The van der Waals surface area contributed by atoms with E-state index >= 15 is 0 Å². The molecule has 1 aliphatic heterocycles. The molecule has 1 fully saturated rings. The standard InChI is InChI=1S/C12H19N3O3/c1-12(2,3)11-14-13-9(18-11)7-15-6-4-5-8(15)10(16)17/h8H,4-7H2,1-3H3,(H,16,17). The first kappa shape index (κ1) is 13.0. The zero-order valence-corrected chi connectivity index (χ0v) is 11.0. The Hall–Kier alpha value is -1.43. The lowest BCUT2D eigenvalue weighted by atomic mass is 9.97. The number of likely N-dealkylation sites (tertiary alicyclic amines) is 1. The third kappa shape index (κ3) is 2.69. The Balaban J connectivity index is 2.05. The summed E-state index contributed by atoms with van der Waals surface area (Å²) in [6.45, 7) is 7.19. The van der Waals surface area contributed by atoms with Crippen molar-refractivity contribution >= 4 is 5.97 Å². The van der Waals surface area contributed by atoms with Gasteiger partial charge >= 0.3 is 5.97 Å². The number of aliphatic carboxylic acids is 1. The van der Waals surface area contributed by atoms with E-state index in [1.54, 1.807) is 0 Å². The second-order valence-electron chi connectivity index (χ2n) is 5.72. The highest BCUT2D eigenvalue weighted by Gasteiger charge is 2.32. The van der Waals surface area contributed by atoms with Gasteiger partial charge in [-0.3, -0.25) is 9.69 Å². The summed E-state index contributed by atoms with van der Waals surface area (Å²) >= 11 is 0. The highest BCUT2D eigenvalue weighted by atomic mass is 16.4. The Bertz CT molecular complexity index is 436. The number of rotatable bonds is 3. The third-order valence-electron chi connectivity index (χ3n) is 3.10. The summed E-state index contributed by atoms with van der Waals surface area (Å²) in [5.41, 5.74) is -0.178. The summed E-state index contributed by atoms with van der Waals surface area (Å²) in [7, 11) is 0. The Morgan fingerprint density at radius 3 is 2.78 bits per heavy atom. The largest absolute Gasteiger partial charge is 0.480 e. The summed E-state index contributed by atoms with van der Waals surface area (Å²) < 4.78 is 5.58. The van der Waals surface area contributed by atoms with Crippen LogP contribution in [0.15, 0.2) is 4.42 Å². The predicted molar refractivity (Wildman–Crippen MR) is 64.1 cm³/mol. The lowest BCUT2D eigenvalue weighted by Gasteiger charge is -2.18. The zero-order chi connectivity index (χ0) is 13.3. The molecule has 6 heteroatoms. The van der Waals surface area contributed by atoms with Crippen LogP contribution in [0, 0.1) is 0 Å². The second-order valence-corrected chi connectivity index (χ2v) is 5.72. The van der Waals surface area contributed by atoms with Gasteiger partial charge in [0.05, 0.1) is 6.54 Å². The average molecular weight is 253 g/mol. The van der Waals surface area contributed by atoms with E-state index in [-0.39, 0.29) is 5.41 Å². The number of aromatic nitrogens is 2. The molecule has 0 spiro atoms. The van der Waals surface area contributed by atoms with Crippen LogP contribution < -0.4 is 0 Å². The molecule has 1 aromatic rings. The van der Waals surface area contributed by atoms with E-state index in [9.17, 15) is 4.79 Å². The lowest BCUT2D eigenvalue weighted by Crippen LogP contribution is -2.35. The van der Waals surface area contributed by atoms with Crippen molar-refractivity contribution in [2.45, 2.75) is 51.6 Å². The summed E-state index contributed by atoms with van der Waals surface area (Å²) in [6.07, 6.45) is 1.59. The van der Waals surface area contributed by atoms with E-state index in [0.29, 0.717) is 24.7 Å². The molecule has 0 bridgehead atoms. The van der Waals surface area contributed by atoms with Crippen molar-refractivity contribution in [1.82, 2.24) is 15.1 Å². The van der Waals surface area contributed by atoms with E-state index < -0.39 is 12.0 Å². The van der Waals surface area contributed by atoms with Crippen LogP contribution in [0.1, 0.15) is 45.4 Å². The van der Waals surface area contributed by atoms with Gasteiger partial charge < -0.3 is 9.52 Å². The van der Waals surface area contributed by atoms with Crippen LogP contribution in [-0.4, -0.2) is 38.8 Å². The molecule has 100 valence electrons. The van der Waals surface area contributed by atoms with Crippen LogP contribution in [0.5, 0.6) is 0 Å². The minimum atomic E-state index is -0.775. The number of hydrogen-bond acceptors (Lipinski definition) is 5. The number of carboxylic acid groups (broad SMARTS) is 1. The van der Waals surface area contributed by atoms with Gasteiger partial charge in [0.15, 0.2) is 0 Å². The monoisotopic (exact) mass is 253 g/mol. The second kappa shape index (κ2) is 4.68. The van der Waals surface area contributed by atoms with Crippen molar-refractivity contribution in [2.75, 3.05) is 6.54 Å². The fourth-order valence-corrected chi connectivity index (χ4v) is 2.09. The van der Waals surface area contributed by atoms with Gasteiger partial charge in [0, 0.05) is 5.41 Å². The summed E-state index contributed by atoms with van der Waals surface area (Å²) in [4.78, 5) is 12.9. The van der Waals surface area contributed by atoms with Gasteiger partial charge in [-0.25, -0.2) is 0 Å². The van der Waals surface area contributed by atoms with Crippen molar-refractivity contribution in [1.29, 1.82) is 0 Å². The Morgan fingerprint density at radius 1 is 1.50 bits per heavy atom. The average Bonchev–Trinajstić information content (AvgIpc) is 2.85. The van der Waals surface area contributed by atoms with Gasteiger partial charge in [-0.1, -0.05) is 20.8 Å². The van der Waals surface area contributed by atoms with Gasteiger partial charge in [0.1, 0.15) is 6.04 Å². The molecule has 1 N–H and O–H groups in total. The molecule has 1 aromatic heterocycles. The van der Waals surface area contributed by atoms with Crippen molar-refractivity contribution < 1.29 is 14.3 Å². The first-order chi connectivity index (χ1) is 8.38. The van der Waals surface area contributed by atoms with E-state index in [2.05, 4.69) is 10.2 Å². The molecule has 0 saturated carbocycles. The van der Waals surface area contributed by atoms with Crippen LogP contribution in [-0.2, 0) is 16.8 Å². The van der Waals surface area contributed by atoms with Crippen LogP contribution in [0.25, 0.3) is 0 Å². The molecule has 0 amide bonds. The minimum Gasteiger partial charge on any atom is -0.480 e. The molecule has 1 saturated heterocycles. The smallest absolute Gasteiger partial charge is 0.320 e. The van der Waals surface area contributed by atoms with E-state index in [0.717, 1.165) is 13.0 Å². The maximum absolute atomic E-state index is 11.1. The number of hydrogen-bond donors (Lipinski definition) is 1. The molecular weight excluding hydrogens is 234 g/mol. The lowest BCUT2D eigenvalue weighted by molar-refractivity contribution is -0.142. The third-order valence-corrected chi connectivity index (χ3v) is 3.10. The normalized spacial score (nSPS) is 21.4. The SMILES string of the molecule is CC(C)(C)c1nnc(CN2CCCC2C(=O)O)o1. The quantitative estimate of drug-likeness (QED) is 0.877. The van der Waals surface area contributed by atoms with Gasteiger partial charge in [-0.05, 0) is 19.4 Å². The van der Waals surface area contributed by atoms with Gasteiger partial charge in [-0.2, -0.15) is 0 Å². The van der Waals surface area contributed by atoms with E-state index in [1.165, 1.54) is 0 Å². The van der Waals surface area contributed by atoms with Gasteiger partial charge in [-0.15, -0.1) is 10.2 Å².